The van der Waals surface area contributed by atoms with Crippen molar-refractivity contribution in [3.63, 3.8) is 0 Å². The van der Waals surface area contributed by atoms with E-state index in [1.54, 1.807) is 6.20 Å². The van der Waals surface area contributed by atoms with Crippen molar-refractivity contribution >= 4 is 6.08 Å². The molecule has 0 aliphatic heterocycles. The maximum atomic E-state index is 4.23. The molecule has 0 aliphatic carbocycles. The largest absolute Gasteiger partial charge is 0.313 e. The highest BCUT2D eigenvalue weighted by molar-refractivity contribution is 5.54. The van der Waals surface area contributed by atoms with Gasteiger partial charge in [0.05, 0.1) is 5.69 Å². The van der Waals surface area contributed by atoms with Gasteiger partial charge < -0.3 is 5.32 Å². The number of hydrogen-bond donors (Lipinski definition) is 1. The molecule has 0 saturated carbocycles. The molecule has 1 N–H and O–H groups in total. The minimum absolute atomic E-state index is 0.691. The van der Waals surface area contributed by atoms with Crippen LogP contribution in [0.2, 0.25) is 0 Å². The van der Waals surface area contributed by atoms with E-state index < -0.39 is 0 Å². The second kappa shape index (κ2) is 7.06. The number of nitrogens with one attached hydrogen (secondary N) is 1. The van der Waals surface area contributed by atoms with Crippen molar-refractivity contribution in [1.82, 2.24) is 15.1 Å². The normalized spacial score (nSPS) is 12.1. The van der Waals surface area contributed by atoms with Gasteiger partial charge in [-0.1, -0.05) is 37.6 Å². The first kappa shape index (κ1) is 14.5. The summed E-state index contributed by atoms with van der Waals surface area (Å²) in [7, 11) is 0. The average Bonchev–Trinajstić information content (AvgIpc) is 2.93. The van der Waals surface area contributed by atoms with E-state index in [4.69, 9.17) is 0 Å². The van der Waals surface area contributed by atoms with Crippen molar-refractivity contribution in [1.29, 1.82) is 0 Å². The standard InChI is InChI=1S/C17H23N3/c1-14(2)12-18-13-15(3)11-16-5-7-17(8-6-16)20-10-4-9-19-20/h4-11,14,18H,12-13H2,1-3H3. The molecule has 0 bridgehead atoms. The van der Waals surface area contributed by atoms with Gasteiger partial charge in [-0.25, -0.2) is 4.68 Å². The van der Waals surface area contributed by atoms with E-state index in [1.165, 1.54) is 11.1 Å². The van der Waals surface area contributed by atoms with E-state index in [9.17, 15) is 0 Å². The summed E-state index contributed by atoms with van der Waals surface area (Å²) >= 11 is 0. The zero-order valence-electron chi connectivity index (χ0n) is 12.5. The fourth-order valence-electron chi connectivity index (χ4n) is 2.04. The van der Waals surface area contributed by atoms with Crippen molar-refractivity contribution in [2.75, 3.05) is 13.1 Å². The second-order valence-electron chi connectivity index (χ2n) is 5.56. The third-order valence-electron chi connectivity index (χ3n) is 3.03. The molecule has 106 valence electrons. The Balaban J connectivity index is 1.96. The molecule has 0 unspecified atom stereocenters. The van der Waals surface area contributed by atoms with Crippen LogP contribution in [0.4, 0.5) is 0 Å². The molecule has 0 fully saturated rings. The Morgan fingerprint density at radius 1 is 1.30 bits per heavy atom. The van der Waals surface area contributed by atoms with E-state index in [1.807, 2.05) is 16.9 Å². The van der Waals surface area contributed by atoms with Gasteiger partial charge in [0.25, 0.3) is 0 Å². The van der Waals surface area contributed by atoms with Gasteiger partial charge in [0, 0.05) is 18.9 Å². The Hall–Kier alpha value is -1.87. The molecule has 3 heteroatoms. The molecular weight excluding hydrogens is 246 g/mol. The van der Waals surface area contributed by atoms with E-state index in [0.717, 1.165) is 18.8 Å². The summed E-state index contributed by atoms with van der Waals surface area (Å²) in [4.78, 5) is 0. The quantitative estimate of drug-likeness (QED) is 0.869. The summed E-state index contributed by atoms with van der Waals surface area (Å²) in [6.45, 7) is 8.61. The number of hydrogen-bond acceptors (Lipinski definition) is 2. The number of aromatic nitrogens is 2. The van der Waals surface area contributed by atoms with Crippen LogP contribution in [0.5, 0.6) is 0 Å². The maximum absolute atomic E-state index is 4.23. The van der Waals surface area contributed by atoms with Gasteiger partial charge in [-0.3, -0.25) is 0 Å². The Morgan fingerprint density at radius 3 is 2.65 bits per heavy atom. The summed E-state index contributed by atoms with van der Waals surface area (Å²) in [5.41, 5.74) is 3.66. The highest BCUT2D eigenvalue weighted by Gasteiger charge is 1.97. The van der Waals surface area contributed by atoms with Gasteiger partial charge >= 0.3 is 0 Å². The molecule has 0 amide bonds. The second-order valence-corrected chi connectivity index (χ2v) is 5.56. The monoisotopic (exact) mass is 269 g/mol. The Kier molecular flexibility index (Phi) is 5.13. The lowest BCUT2D eigenvalue weighted by molar-refractivity contribution is 0.572. The minimum Gasteiger partial charge on any atom is -0.313 e. The van der Waals surface area contributed by atoms with Gasteiger partial charge in [0.1, 0.15) is 0 Å². The van der Waals surface area contributed by atoms with Crippen LogP contribution in [0.25, 0.3) is 11.8 Å². The number of nitrogens with zero attached hydrogens (tertiary/aromatic N) is 2. The van der Waals surface area contributed by atoms with Crippen LogP contribution in [0.1, 0.15) is 26.3 Å². The molecule has 1 heterocycles. The lowest BCUT2D eigenvalue weighted by Crippen LogP contribution is -2.21. The zero-order chi connectivity index (χ0) is 14.4. The van der Waals surface area contributed by atoms with Crippen LogP contribution >= 0.6 is 0 Å². The third-order valence-corrected chi connectivity index (χ3v) is 3.03. The summed E-state index contributed by atoms with van der Waals surface area (Å²) < 4.78 is 1.87. The van der Waals surface area contributed by atoms with E-state index >= 15 is 0 Å². The molecule has 1 aromatic carbocycles. The summed E-state index contributed by atoms with van der Waals surface area (Å²) in [5.74, 6) is 0.691. The predicted molar refractivity (Wildman–Crippen MR) is 84.9 cm³/mol. The average molecular weight is 269 g/mol. The molecule has 3 nitrogen and oxygen atoms in total. The molecule has 20 heavy (non-hydrogen) atoms. The lowest BCUT2D eigenvalue weighted by atomic mass is 10.1. The lowest BCUT2D eigenvalue weighted by Gasteiger charge is -2.08. The Bertz CT molecular complexity index is 536. The molecule has 0 radical (unpaired) electrons. The number of benzene rings is 1. The highest BCUT2D eigenvalue weighted by atomic mass is 15.3. The van der Waals surface area contributed by atoms with Crippen molar-refractivity contribution in [2.24, 2.45) is 5.92 Å². The van der Waals surface area contributed by atoms with Crippen molar-refractivity contribution in [2.45, 2.75) is 20.8 Å². The third kappa shape index (κ3) is 4.35. The van der Waals surface area contributed by atoms with Crippen LogP contribution in [-0.4, -0.2) is 22.9 Å². The minimum atomic E-state index is 0.691. The van der Waals surface area contributed by atoms with Crippen molar-refractivity contribution in [3.8, 4) is 5.69 Å². The highest BCUT2D eigenvalue weighted by Crippen LogP contribution is 2.11. The molecular formula is C17H23N3. The first-order valence-corrected chi connectivity index (χ1v) is 7.13. The first-order chi connectivity index (χ1) is 9.65. The fraction of sp³-hybridized carbons (Fsp3) is 0.353. The van der Waals surface area contributed by atoms with Crippen LogP contribution in [0.15, 0.2) is 48.3 Å². The summed E-state index contributed by atoms with van der Waals surface area (Å²) in [5, 5.41) is 7.68. The van der Waals surface area contributed by atoms with E-state index in [2.05, 4.69) is 61.5 Å². The smallest absolute Gasteiger partial charge is 0.0645 e. The predicted octanol–water partition coefficient (Wildman–Crippen LogP) is 3.52. The maximum Gasteiger partial charge on any atom is 0.0645 e. The van der Waals surface area contributed by atoms with Crippen LogP contribution in [-0.2, 0) is 0 Å². The fourth-order valence-corrected chi connectivity index (χ4v) is 2.04. The first-order valence-electron chi connectivity index (χ1n) is 7.13. The molecule has 1 aromatic heterocycles. The molecule has 0 aliphatic rings. The van der Waals surface area contributed by atoms with Gasteiger partial charge in [-0.2, -0.15) is 5.10 Å². The number of rotatable bonds is 6. The van der Waals surface area contributed by atoms with Crippen molar-refractivity contribution in [3.05, 3.63) is 53.9 Å². The molecule has 0 atom stereocenters. The molecule has 2 rings (SSSR count). The molecule has 0 saturated heterocycles. The zero-order valence-corrected chi connectivity index (χ0v) is 12.5. The van der Waals surface area contributed by atoms with Crippen LogP contribution < -0.4 is 5.32 Å². The topological polar surface area (TPSA) is 29.9 Å². The van der Waals surface area contributed by atoms with Gasteiger partial charge in [-0.15, -0.1) is 0 Å². The molecule has 2 aromatic rings. The summed E-state index contributed by atoms with van der Waals surface area (Å²) in [6.07, 6.45) is 5.96. The Labute approximate surface area is 121 Å². The van der Waals surface area contributed by atoms with E-state index in [0.29, 0.717) is 5.92 Å². The van der Waals surface area contributed by atoms with Crippen molar-refractivity contribution < 1.29 is 0 Å². The molecule has 0 spiro atoms. The van der Waals surface area contributed by atoms with Gasteiger partial charge in [0.15, 0.2) is 0 Å². The van der Waals surface area contributed by atoms with Gasteiger partial charge in [0.2, 0.25) is 0 Å². The Morgan fingerprint density at radius 2 is 2.05 bits per heavy atom. The van der Waals surface area contributed by atoms with E-state index in [-0.39, 0.29) is 0 Å². The van der Waals surface area contributed by atoms with Gasteiger partial charge in [-0.05, 0) is 43.1 Å². The SMILES string of the molecule is CC(=Cc1ccc(-n2cccn2)cc1)CNCC(C)C. The summed E-state index contributed by atoms with van der Waals surface area (Å²) in [6, 6.07) is 10.4. The van der Waals surface area contributed by atoms with Crippen LogP contribution in [0, 0.1) is 5.92 Å². The van der Waals surface area contributed by atoms with Crippen LogP contribution in [0.3, 0.4) is 0 Å².